The number of ether oxygens (including phenoxy) is 1. The number of hydrogen-bond acceptors (Lipinski definition) is 7. The van der Waals surface area contributed by atoms with Gasteiger partial charge in [-0.15, -0.1) is 0 Å². The fraction of sp³-hybridized carbons (Fsp3) is 0.167. The van der Waals surface area contributed by atoms with Crippen molar-refractivity contribution >= 4 is 28.4 Å². The van der Waals surface area contributed by atoms with Crippen LogP contribution in [-0.4, -0.2) is 37.0 Å². The summed E-state index contributed by atoms with van der Waals surface area (Å²) in [4.78, 5) is 29.5. The number of rotatable bonds is 5. The van der Waals surface area contributed by atoms with E-state index in [1.807, 2.05) is 48.9 Å². The highest BCUT2D eigenvalue weighted by molar-refractivity contribution is 6.09. The third-order valence-electron chi connectivity index (χ3n) is 6.89. The number of benzene rings is 2. The van der Waals surface area contributed by atoms with Gasteiger partial charge in [0.05, 0.1) is 11.1 Å². The number of nitrogens with one attached hydrogen (secondary N) is 2. The number of carbonyl (C=O) groups is 1. The Morgan fingerprint density at radius 3 is 2.67 bits per heavy atom. The maximum Gasteiger partial charge on any atom is 0.322 e. The van der Waals surface area contributed by atoms with E-state index in [2.05, 4.69) is 37.1 Å². The van der Waals surface area contributed by atoms with Crippen LogP contribution in [0.4, 0.5) is 15.9 Å². The lowest BCUT2D eigenvalue weighted by molar-refractivity contribution is -0.112. The first kappa shape index (κ1) is 25.2. The van der Waals surface area contributed by atoms with Crippen LogP contribution < -0.4 is 15.4 Å². The molecule has 1 amide bonds. The highest BCUT2D eigenvalue weighted by Gasteiger charge is 2.28. The van der Waals surface area contributed by atoms with Crippen LogP contribution in [0.2, 0.25) is 0 Å². The lowest BCUT2D eigenvalue weighted by Crippen LogP contribution is -2.12. The summed E-state index contributed by atoms with van der Waals surface area (Å²) >= 11 is 0. The van der Waals surface area contributed by atoms with Gasteiger partial charge in [-0.05, 0) is 55.7 Å². The zero-order valence-electron chi connectivity index (χ0n) is 22.2. The Morgan fingerprint density at radius 2 is 1.93 bits per heavy atom. The Bertz CT molecular complexity index is 1810. The largest absolute Gasteiger partial charge is 0.421 e. The number of carbonyl (C=O) groups excluding carboxylic acids is 1. The molecule has 0 saturated heterocycles. The van der Waals surface area contributed by atoms with Crippen molar-refractivity contribution in [3.8, 4) is 34.1 Å². The second-order valence-corrected chi connectivity index (χ2v) is 9.68. The van der Waals surface area contributed by atoms with Gasteiger partial charge in [-0.3, -0.25) is 4.79 Å². The predicted octanol–water partition coefficient (Wildman–Crippen LogP) is 5.81. The molecule has 9 nitrogen and oxygen atoms in total. The van der Waals surface area contributed by atoms with Gasteiger partial charge in [0.2, 0.25) is 0 Å². The van der Waals surface area contributed by atoms with Crippen molar-refractivity contribution in [3.63, 3.8) is 0 Å². The number of anilines is 2. The molecule has 0 saturated carbocycles. The third-order valence-corrected chi connectivity index (χ3v) is 6.89. The molecule has 200 valence electrons. The van der Waals surface area contributed by atoms with Gasteiger partial charge >= 0.3 is 6.01 Å². The molecule has 6 rings (SSSR count). The molecule has 0 spiro atoms. The van der Waals surface area contributed by atoms with Crippen molar-refractivity contribution in [3.05, 3.63) is 84.2 Å². The van der Waals surface area contributed by atoms with Crippen LogP contribution >= 0.6 is 0 Å². The summed E-state index contributed by atoms with van der Waals surface area (Å²) < 4.78 is 23.8. The SMILES string of the molecule is C=C(C)C(=O)Nc1ccc(-c2c3c4c(ncnc4n2C)NCCc2c-3ccc(Oc3nccc(C)n3)c2F)cc1. The minimum absolute atomic E-state index is 0.0563. The highest BCUT2D eigenvalue weighted by atomic mass is 19.1. The molecule has 3 aromatic heterocycles. The van der Waals surface area contributed by atoms with Gasteiger partial charge in [0.15, 0.2) is 11.6 Å². The zero-order chi connectivity index (χ0) is 28.0. The second-order valence-electron chi connectivity index (χ2n) is 9.68. The average Bonchev–Trinajstić information content (AvgIpc) is 3.22. The Morgan fingerprint density at radius 1 is 1.12 bits per heavy atom. The molecule has 1 aliphatic rings. The quantitative estimate of drug-likeness (QED) is 0.273. The third kappa shape index (κ3) is 4.33. The van der Waals surface area contributed by atoms with Gasteiger partial charge in [0, 0.05) is 47.9 Å². The summed E-state index contributed by atoms with van der Waals surface area (Å²) in [6.45, 7) is 7.64. The summed E-state index contributed by atoms with van der Waals surface area (Å²) in [5.74, 6) is 0.0303. The molecule has 0 atom stereocenters. The number of aryl methyl sites for hydroxylation is 2. The summed E-state index contributed by atoms with van der Waals surface area (Å²) in [6, 6.07) is 12.8. The highest BCUT2D eigenvalue weighted by Crippen LogP contribution is 2.46. The van der Waals surface area contributed by atoms with E-state index < -0.39 is 5.82 Å². The summed E-state index contributed by atoms with van der Waals surface area (Å²) in [5.41, 5.74) is 6.26. The molecule has 40 heavy (non-hydrogen) atoms. The second kappa shape index (κ2) is 9.88. The molecule has 2 aromatic carbocycles. The number of hydrogen-bond donors (Lipinski definition) is 2. The average molecular weight is 536 g/mol. The smallest absolute Gasteiger partial charge is 0.322 e. The van der Waals surface area contributed by atoms with Gasteiger partial charge < -0.3 is 19.9 Å². The van der Waals surface area contributed by atoms with Crippen LogP contribution in [-0.2, 0) is 18.3 Å². The predicted molar refractivity (Wildman–Crippen MR) is 152 cm³/mol. The molecule has 0 unspecified atom stereocenters. The zero-order valence-corrected chi connectivity index (χ0v) is 22.2. The molecule has 0 fully saturated rings. The van der Waals surface area contributed by atoms with Crippen LogP contribution in [0.15, 0.2) is 67.1 Å². The van der Waals surface area contributed by atoms with Crippen LogP contribution in [0.1, 0.15) is 18.2 Å². The van der Waals surface area contributed by atoms with Gasteiger partial charge in [-0.1, -0.05) is 24.8 Å². The number of halogens is 1. The van der Waals surface area contributed by atoms with E-state index >= 15 is 4.39 Å². The van der Waals surface area contributed by atoms with Gasteiger partial charge in [-0.25, -0.2) is 24.3 Å². The standard InChI is InChI=1S/C30H26FN7O2/c1-16(2)29(39)37-19-7-5-18(6-8-19)26-23-20-9-10-22(40-30-33-13-11-17(3)36-30)25(31)21(20)12-14-32-27-24(23)28(38(26)4)35-15-34-27/h5-11,13,15H,1,12,14H2,2-4H3,(H,37,39)(H,32,34,35). The normalized spacial score (nSPS) is 12.2. The molecule has 0 bridgehead atoms. The Balaban J connectivity index is 1.52. The minimum Gasteiger partial charge on any atom is -0.421 e. The van der Waals surface area contributed by atoms with Gasteiger partial charge in [0.1, 0.15) is 17.8 Å². The van der Waals surface area contributed by atoms with Crippen molar-refractivity contribution < 1.29 is 13.9 Å². The molecular weight excluding hydrogens is 509 g/mol. The molecule has 0 aliphatic carbocycles. The monoisotopic (exact) mass is 535 g/mol. The summed E-state index contributed by atoms with van der Waals surface area (Å²) in [7, 11) is 1.93. The van der Waals surface area contributed by atoms with Crippen LogP contribution in [0.25, 0.3) is 33.4 Å². The molecule has 10 heteroatoms. The lowest BCUT2D eigenvalue weighted by atomic mass is 9.91. The van der Waals surface area contributed by atoms with E-state index in [1.54, 1.807) is 25.3 Å². The number of fused-ring (bicyclic) bond motifs is 2. The minimum atomic E-state index is -0.467. The Labute approximate surface area is 229 Å². The molecular formula is C30H26FN7O2. The molecule has 2 N–H and O–H groups in total. The van der Waals surface area contributed by atoms with Crippen molar-refractivity contribution in [1.29, 1.82) is 0 Å². The van der Waals surface area contributed by atoms with E-state index in [0.717, 1.165) is 33.5 Å². The summed E-state index contributed by atoms with van der Waals surface area (Å²) in [6.07, 6.45) is 3.50. The lowest BCUT2D eigenvalue weighted by Gasteiger charge is -2.19. The van der Waals surface area contributed by atoms with E-state index in [-0.39, 0.29) is 17.7 Å². The number of amides is 1. The van der Waals surface area contributed by atoms with Gasteiger partial charge in [-0.2, -0.15) is 0 Å². The molecule has 5 aromatic rings. The maximum atomic E-state index is 16.1. The molecule has 0 radical (unpaired) electrons. The van der Waals surface area contributed by atoms with E-state index in [4.69, 9.17) is 4.74 Å². The van der Waals surface area contributed by atoms with Crippen molar-refractivity contribution in [1.82, 2.24) is 24.5 Å². The first-order valence-corrected chi connectivity index (χ1v) is 12.8. The fourth-order valence-corrected chi connectivity index (χ4v) is 4.97. The maximum absolute atomic E-state index is 16.1. The van der Waals surface area contributed by atoms with E-state index in [0.29, 0.717) is 41.3 Å². The van der Waals surface area contributed by atoms with Crippen LogP contribution in [0.5, 0.6) is 11.8 Å². The van der Waals surface area contributed by atoms with Crippen LogP contribution in [0, 0.1) is 12.7 Å². The Hall–Kier alpha value is -5.12. The number of nitrogens with zero attached hydrogens (tertiary/aromatic N) is 5. The van der Waals surface area contributed by atoms with Crippen molar-refractivity contribution in [2.75, 3.05) is 17.2 Å². The van der Waals surface area contributed by atoms with Crippen molar-refractivity contribution in [2.45, 2.75) is 20.3 Å². The number of aromatic nitrogens is 5. The van der Waals surface area contributed by atoms with E-state index in [1.165, 1.54) is 6.33 Å². The molecule has 4 heterocycles. The first-order valence-electron chi connectivity index (χ1n) is 12.8. The Kier molecular flexibility index (Phi) is 6.22. The first-order chi connectivity index (χ1) is 19.3. The fourth-order valence-electron chi connectivity index (χ4n) is 4.97. The van der Waals surface area contributed by atoms with Gasteiger partial charge in [0.25, 0.3) is 5.91 Å². The van der Waals surface area contributed by atoms with E-state index in [9.17, 15) is 4.79 Å². The topological polar surface area (TPSA) is 107 Å². The van der Waals surface area contributed by atoms with Crippen molar-refractivity contribution in [2.24, 2.45) is 7.05 Å². The van der Waals surface area contributed by atoms with Crippen LogP contribution in [0.3, 0.4) is 0 Å². The molecule has 1 aliphatic heterocycles. The summed E-state index contributed by atoms with van der Waals surface area (Å²) in [5, 5.41) is 6.99.